The van der Waals surface area contributed by atoms with E-state index in [1.807, 2.05) is 0 Å². The fourth-order valence-corrected chi connectivity index (χ4v) is 1.85. The van der Waals surface area contributed by atoms with Crippen molar-refractivity contribution in [3.05, 3.63) is 0 Å². The Balaban J connectivity index is 2.79. The molecule has 13 heavy (non-hydrogen) atoms. The van der Waals surface area contributed by atoms with E-state index in [-0.39, 0.29) is 11.6 Å². The first-order valence-corrected chi connectivity index (χ1v) is 4.84. The van der Waals surface area contributed by atoms with Crippen LogP contribution >= 0.6 is 0 Å². The Hall–Kier alpha value is -0.770. The molecule has 4 nitrogen and oxygen atoms in total. The van der Waals surface area contributed by atoms with Crippen LogP contribution in [-0.4, -0.2) is 36.2 Å². The molecule has 0 spiro atoms. The number of amides is 1. The van der Waals surface area contributed by atoms with Crippen LogP contribution in [0.25, 0.3) is 0 Å². The molecule has 1 aliphatic heterocycles. The van der Waals surface area contributed by atoms with E-state index in [2.05, 4.69) is 13.8 Å². The summed E-state index contributed by atoms with van der Waals surface area (Å²) in [6.45, 7) is 5.80. The molecule has 0 aromatic heterocycles. The predicted molar refractivity (Wildman–Crippen MR) is 50.4 cm³/mol. The first-order chi connectivity index (χ1) is 6.20. The number of cyclic esters (lactones) is 1. The van der Waals surface area contributed by atoms with Crippen LogP contribution in [0.1, 0.15) is 26.7 Å². The number of hydrogen-bond donors (Lipinski definition) is 1. The second kappa shape index (κ2) is 3.96. The zero-order valence-electron chi connectivity index (χ0n) is 8.38. The minimum Gasteiger partial charge on any atom is -0.448 e. The number of carbonyl (C=O) groups is 1. The molecule has 0 radical (unpaired) electrons. The Morgan fingerprint density at radius 1 is 1.54 bits per heavy atom. The number of ether oxygens (including phenoxy) is 1. The molecule has 1 aliphatic rings. The number of carbonyl (C=O) groups excluding carboxylic acids is 1. The molecule has 0 aliphatic carbocycles. The maximum absolute atomic E-state index is 11.3. The van der Waals surface area contributed by atoms with Crippen LogP contribution in [0.2, 0.25) is 0 Å². The number of hydrogen-bond acceptors (Lipinski definition) is 3. The molecule has 0 atom stereocenters. The van der Waals surface area contributed by atoms with Crippen molar-refractivity contribution in [3.63, 3.8) is 0 Å². The van der Waals surface area contributed by atoms with E-state index in [4.69, 9.17) is 10.5 Å². The molecular weight excluding hydrogens is 168 g/mol. The summed E-state index contributed by atoms with van der Waals surface area (Å²) in [5, 5.41) is 0. The van der Waals surface area contributed by atoms with Gasteiger partial charge in [0.25, 0.3) is 0 Å². The third kappa shape index (κ3) is 1.63. The Morgan fingerprint density at radius 3 is 2.46 bits per heavy atom. The van der Waals surface area contributed by atoms with Crippen molar-refractivity contribution in [2.24, 2.45) is 5.73 Å². The minimum absolute atomic E-state index is 0.187. The lowest BCUT2D eigenvalue weighted by Crippen LogP contribution is -2.53. The highest BCUT2D eigenvalue weighted by Gasteiger charge is 2.39. The Labute approximate surface area is 79.0 Å². The van der Waals surface area contributed by atoms with Gasteiger partial charge in [-0.2, -0.15) is 0 Å². The average Bonchev–Trinajstić information content (AvgIpc) is 2.57. The van der Waals surface area contributed by atoms with E-state index in [1.165, 1.54) is 0 Å². The van der Waals surface area contributed by atoms with Crippen molar-refractivity contribution < 1.29 is 9.53 Å². The standard InChI is InChI=1S/C9H18N2O2/c1-3-9(4-2,7-10)11-5-6-13-8(11)12/h3-7,10H2,1-2H3. The van der Waals surface area contributed by atoms with E-state index in [0.717, 1.165) is 12.8 Å². The van der Waals surface area contributed by atoms with E-state index >= 15 is 0 Å². The molecule has 2 N–H and O–H groups in total. The number of rotatable bonds is 4. The topological polar surface area (TPSA) is 55.6 Å². The summed E-state index contributed by atoms with van der Waals surface area (Å²) in [6, 6.07) is 0. The molecule has 1 amide bonds. The van der Waals surface area contributed by atoms with Crippen LogP contribution < -0.4 is 5.73 Å². The summed E-state index contributed by atoms with van der Waals surface area (Å²) >= 11 is 0. The molecule has 4 heteroatoms. The van der Waals surface area contributed by atoms with Gasteiger partial charge >= 0.3 is 6.09 Å². The van der Waals surface area contributed by atoms with Crippen LogP contribution in [0.4, 0.5) is 4.79 Å². The van der Waals surface area contributed by atoms with Crippen LogP contribution in [0, 0.1) is 0 Å². The van der Waals surface area contributed by atoms with Crippen molar-refractivity contribution >= 4 is 6.09 Å². The van der Waals surface area contributed by atoms with Gasteiger partial charge in [0.05, 0.1) is 12.1 Å². The molecule has 0 aromatic rings. The Bertz CT molecular complexity index is 182. The summed E-state index contributed by atoms with van der Waals surface area (Å²) in [4.78, 5) is 13.1. The average molecular weight is 186 g/mol. The normalized spacial score (nSPS) is 17.8. The monoisotopic (exact) mass is 186 g/mol. The van der Waals surface area contributed by atoms with Gasteiger partial charge in [-0.15, -0.1) is 0 Å². The summed E-state index contributed by atoms with van der Waals surface area (Å²) < 4.78 is 4.91. The van der Waals surface area contributed by atoms with Gasteiger partial charge in [0.15, 0.2) is 0 Å². The minimum atomic E-state index is -0.214. The SMILES string of the molecule is CCC(CC)(CN)N1CCOC1=O. The van der Waals surface area contributed by atoms with Gasteiger partial charge in [-0.05, 0) is 12.8 Å². The maximum Gasteiger partial charge on any atom is 0.410 e. The van der Waals surface area contributed by atoms with Crippen molar-refractivity contribution in [1.82, 2.24) is 4.90 Å². The highest BCUT2D eigenvalue weighted by Crippen LogP contribution is 2.25. The van der Waals surface area contributed by atoms with Gasteiger partial charge < -0.3 is 10.5 Å². The van der Waals surface area contributed by atoms with Gasteiger partial charge in [0.1, 0.15) is 6.61 Å². The summed E-state index contributed by atoms with van der Waals surface area (Å²) in [5.41, 5.74) is 5.53. The molecular formula is C9H18N2O2. The smallest absolute Gasteiger partial charge is 0.410 e. The second-order valence-electron chi connectivity index (χ2n) is 3.40. The molecule has 0 saturated carbocycles. The molecule has 0 bridgehead atoms. The molecule has 1 saturated heterocycles. The third-order valence-electron chi connectivity index (χ3n) is 3.03. The maximum atomic E-state index is 11.3. The van der Waals surface area contributed by atoms with Crippen molar-refractivity contribution in [2.45, 2.75) is 32.2 Å². The lowest BCUT2D eigenvalue weighted by Gasteiger charge is -2.37. The van der Waals surface area contributed by atoms with E-state index in [1.54, 1.807) is 4.90 Å². The first kappa shape index (κ1) is 10.3. The van der Waals surface area contributed by atoms with Gasteiger partial charge in [-0.3, -0.25) is 4.90 Å². The van der Waals surface area contributed by atoms with E-state index in [0.29, 0.717) is 19.7 Å². The molecule has 1 heterocycles. The van der Waals surface area contributed by atoms with Crippen molar-refractivity contribution in [2.75, 3.05) is 19.7 Å². The van der Waals surface area contributed by atoms with Gasteiger partial charge in [0.2, 0.25) is 0 Å². The highest BCUT2D eigenvalue weighted by atomic mass is 16.6. The zero-order valence-corrected chi connectivity index (χ0v) is 8.38. The Morgan fingerprint density at radius 2 is 2.15 bits per heavy atom. The van der Waals surface area contributed by atoms with Crippen molar-refractivity contribution in [3.8, 4) is 0 Å². The summed E-state index contributed by atoms with van der Waals surface area (Å²) in [6.07, 6.45) is 1.55. The predicted octanol–water partition coefficient (Wildman–Crippen LogP) is 0.956. The molecule has 1 fully saturated rings. The number of nitrogens with zero attached hydrogens (tertiary/aromatic N) is 1. The molecule has 0 unspecified atom stereocenters. The van der Waals surface area contributed by atoms with E-state index in [9.17, 15) is 4.79 Å². The van der Waals surface area contributed by atoms with Crippen LogP contribution in [0.15, 0.2) is 0 Å². The van der Waals surface area contributed by atoms with Gasteiger partial charge in [-0.25, -0.2) is 4.79 Å². The second-order valence-corrected chi connectivity index (χ2v) is 3.40. The summed E-state index contributed by atoms with van der Waals surface area (Å²) in [7, 11) is 0. The third-order valence-corrected chi connectivity index (χ3v) is 3.03. The highest BCUT2D eigenvalue weighted by molar-refractivity contribution is 5.70. The lowest BCUT2D eigenvalue weighted by molar-refractivity contribution is 0.108. The molecule has 76 valence electrons. The molecule has 0 aromatic carbocycles. The fourth-order valence-electron chi connectivity index (χ4n) is 1.85. The lowest BCUT2D eigenvalue weighted by atomic mass is 9.91. The quantitative estimate of drug-likeness (QED) is 0.711. The fraction of sp³-hybridized carbons (Fsp3) is 0.889. The Kier molecular flexibility index (Phi) is 3.14. The van der Waals surface area contributed by atoms with Gasteiger partial charge in [0, 0.05) is 6.54 Å². The van der Waals surface area contributed by atoms with Gasteiger partial charge in [-0.1, -0.05) is 13.8 Å². The van der Waals surface area contributed by atoms with Crippen LogP contribution in [0.3, 0.4) is 0 Å². The first-order valence-electron chi connectivity index (χ1n) is 4.84. The largest absolute Gasteiger partial charge is 0.448 e. The van der Waals surface area contributed by atoms with Crippen LogP contribution in [0.5, 0.6) is 0 Å². The zero-order chi connectivity index (χ0) is 9.90. The summed E-state index contributed by atoms with van der Waals surface area (Å²) in [5.74, 6) is 0. The van der Waals surface area contributed by atoms with Crippen molar-refractivity contribution in [1.29, 1.82) is 0 Å². The number of nitrogens with two attached hydrogens (primary N) is 1. The molecule has 1 rings (SSSR count). The van der Waals surface area contributed by atoms with Crippen LogP contribution in [-0.2, 0) is 4.74 Å². The van der Waals surface area contributed by atoms with E-state index < -0.39 is 0 Å².